The van der Waals surface area contributed by atoms with Crippen molar-refractivity contribution in [1.29, 1.82) is 0 Å². The summed E-state index contributed by atoms with van der Waals surface area (Å²) in [5.41, 5.74) is 0. The lowest BCUT2D eigenvalue weighted by molar-refractivity contribution is 0.232. The Morgan fingerprint density at radius 1 is 0.903 bits per heavy atom. The van der Waals surface area contributed by atoms with Crippen LogP contribution in [0.4, 0.5) is 0 Å². The zero-order valence-electron chi connectivity index (χ0n) is 23.4. The highest BCUT2D eigenvalue weighted by molar-refractivity contribution is 4.92. The van der Waals surface area contributed by atoms with E-state index < -0.39 is 0 Å². The van der Waals surface area contributed by atoms with Crippen LogP contribution in [0.15, 0.2) is 37.5 Å². The van der Waals surface area contributed by atoms with Crippen LogP contribution < -0.4 is 0 Å². The van der Waals surface area contributed by atoms with E-state index in [-0.39, 0.29) is 0 Å². The molecule has 5 atom stereocenters. The van der Waals surface area contributed by atoms with Crippen LogP contribution in [0.3, 0.4) is 0 Å². The maximum atomic E-state index is 4.00. The highest BCUT2D eigenvalue weighted by Gasteiger charge is 2.24. The number of allylic oxidation sites excluding steroid dienone is 4. The molecular weight excluding hydrogens is 372 g/mol. The van der Waals surface area contributed by atoms with E-state index in [1.54, 1.807) is 0 Å². The molecule has 1 saturated carbocycles. The fourth-order valence-electron chi connectivity index (χ4n) is 4.03. The molecule has 0 aliphatic heterocycles. The molecule has 0 spiro atoms. The molecule has 186 valence electrons. The van der Waals surface area contributed by atoms with Gasteiger partial charge in [-0.3, -0.25) is 0 Å². The lowest BCUT2D eigenvalue weighted by Crippen LogP contribution is -2.21. The fraction of sp³-hybridized carbons (Fsp3) is 0.806. The van der Waals surface area contributed by atoms with E-state index >= 15 is 0 Å². The summed E-state index contributed by atoms with van der Waals surface area (Å²) < 4.78 is 0. The number of hydrogen-bond acceptors (Lipinski definition) is 0. The molecule has 0 nitrogen and oxygen atoms in total. The van der Waals surface area contributed by atoms with Gasteiger partial charge in [0.1, 0.15) is 0 Å². The predicted molar refractivity (Wildman–Crippen MR) is 149 cm³/mol. The van der Waals surface area contributed by atoms with Gasteiger partial charge < -0.3 is 0 Å². The molecule has 0 bridgehead atoms. The molecule has 0 N–H and O–H groups in total. The van der Waals surface area contributed by atoms with Gasteiger partial charge in [0.15, 0.2) is 0 Å². The standard InChI is InChI=1S/C20H34.C7H16.2C2H6/c1-5-7-8-11-17(3)12-9-10-13-19-15-14-18(4)20(6-2)16-19;1-4-6-7(3)5-2;2*1-2/h5-6,9-10,17-20H,1-2,7-8,11-16H2,3-4H3;7H,4-6H2,1-3H3;2*1-2H3/b10-9+;;;. The number of rotatable bonds is 12. The second kappa shape index (κ2) is 27.3. The highest BCUT2D eigenvalue weighted by Crippen LogP contribution is 2.36. The van der Waals surface area contributed by atoms with Gasteiger partial charge in [-0.05, 0) is 74.5 Å². The molecule has 1 rings (SSSR count). The van der Waals surface area contributed by atoms with Crippen LogP contribution in [0.25, 0.3) is 0 Å². The van der Waals surface area contributed by atoms with Gasteiger partial charge in [-0.2, -0.15) is 0 Å². The SMILES string of the molecule is C=CCCCC(C)C/C=C/CC1CCC(C)C(C=C)C1.CC.CC.CCCC(C)CC. The van der Waals surface area contributed by atoms with Crippen LogP contribution >= 0.6 is 0 Å². The van der Waals surface area contributed by atoms with Crippen molar-refractivity contribution in [1.82, 2.24) is 0 Å². The lowest BCUT2D eigenvalue weighted by atomic mass is 9.74. The van der Waals surface area contributed by atoms with Crippen LogP contribution in [0, 0.1) is 29.6 Å². The Kier molecular flexibility index (Phi) is 30.6. The average molecular weight is 435 g/mol. The van der Waals surface area contributed by atoms with E-state index in [0.29, 0.717) is 0 Å². The van der Waals surface area contributed by atoms with Crippen molar-refractivity contribution in [3.05, 3.63) is 37.5 Å². The van der Waals surface area contributed by atoms with Gasteiger partial charge >= 0.3 is 0 Å². The second-order valence-corrected chi connectivity index (χ2v) is 9.13. The lowest BCUT2D eigenvalue weighted by Gasteiger charge is -2.32. The normalized spacial score (nSPS) is 21.9. The topological polar surface area (TPSA) is 0 Å². The first-order valence-corrected chi connectivity index (χ1v) is 13.9. The maximum absolute atomic E-state index is 4.00. The zero-order chi connectivity index (χ0) is 24.5. The Morgan fingerprint density at radius 2 is 1.55 bits per heavy atom. The quantitative estimate of drug-likeness (QED) is 0.211. The highest BCUT2D eigenvalue weighted by atomic mass is 14.3. The minimum absolute atomic E-state index is 0.750. The van der Waals surface area contributed by atoms with E-state index in [9.17, 15) is 0 Å². The summed E-state index contributed by atoms with van der Waals surface area (Å²) in [6, 6.07) is 0. The second-order valence-electron chi connectivity index (χ2n) is 9.13. The molecule has 0 radical (unpaired) electrons. The van der Waals surface area contributed by atoms with E-state index in [2.05, 4.69) is 66.0 Å². The molecule has 0 amide bonds. The van der Waals surface area contributed by atoms with Gasteiger partial charge in [0, 0.05) is 0 Å². The smallest absolute Gasteiger partial charge is 0.0208 e. The maximum Gasteiger partial charge on any atom is -0.0208 e. The van der Waals surface area contributed by atoms with Crippen LogP contribution in [0.5, 0.6) is 0 Å². The molecule has 1 fully saturated rings. The fourth-order valence-corrected chi connectivity index (χ4v) is 4.03. The van der Waals surface area contributed by atoms with Crippen molar-refractivity contribution >= 4 is 0 Å². The molecule has 31 heavy (non-hydrogen) atoms. The first kappa shape index (κ1) is 34.8. The Balaban J connectivity index is -0.000000598. The molecule has 5 unspecified atom stereocenters. The van der Waals surface area contributed by atoms with Crippen LogP contribution in [0.2, 0.25) is 0 Å². The Hall–Kier alpha value is -0.780. The van der Waals surface area contributed by atoms with E-state index in [0.717, 1.165) is 36.0 Å². The molecule has 1 aliphatic carbocycles. The minimum atomic E-state index is 0.750. The van der Waals surface area contributed by atoms with Gasteiger partial charge in [-0.1, -0.05) is 112 Å². The Bertz CT molecular complexity index is 377. The van der Waals surface area contributed by atoms with E-state index in [1.165, 1.54) is 64.2 Å². The van der Waals surface area contributed by atoms with Crippen molar-refractivity contribution in [2.45, 2.75) is 133 Å². The zero-order valence-corrected chi connectivity index (χ0v) is 23.4. The van der Waals surface area contributed by atoms with Crippen molar-refractivity contribution in [2.24, 2.45) is 29.6 Å². The van der Waals surface area contributed by atoms with Gasteiger partial charge in [0.2, 0.25) is 0 Å². The molecule has 0 aromatic heterocycles. The summed E-state index contributed by atoms with van der Waals surface area (Å²) in [7, 11) is 0. The third kappa shape index (κ3) is 22.2. The number of hydrogen-bond donors (Lipinski definition) is 0. The van der Waals surface area contributed by atoms with Crippen LogP contribution in [0.1, 0.15) is 133 Å². The summed E-state index contributed by atoms with van der Waals surface area (Å²) in [6.07, 6.45) is 23.6. The molecule has 0 saturated heterocycles. The van der Waals surface area contributed by atoms with Gasteiger partial charge in [-0.15, -0.1) is 13.2 Å². The molecule has 0 aromatic carbocycles. The van der Waals surface area contributed by atoms with Crippen molar-refractivity contribution in [3.8, 4) is 0 Å². The molecule has 0 heteroatoms. The number of unbranched alkanes of at least 4 members (excludes halogenated alkanes) is 1. The summed E-state index contributed by atoms with van der Waals surface area (Å²) >= 11 is 0. The van der Waals surface area contributed by atoms with Gasteiger partial charge in [0.25, 0.3) is 0 Å². The van der Waals surface area contributed by atoms with Crippen molar-refractivity contribution < 1.29 is 0 Å². The van der Waals surface area contributed by atoms with Crippen LogP contribution in [-0.2, 0) is 0 Å². The third-order valence-electron chi connectivity index (χ3n) is 6.43. The minimum Gasteiger partial charge on any atom is -0.103 e. The largest absolute Gasteiger partial charge is 0.103 e. The van der Waals surface area contributed by atoms with Gasteiger partial charge in [-0.25, -0.2) is 0 Å². The van der Waals surface area contributed by atoms with Crippen molar-refractivity contribution in [3.63, 3.8) is 0 Å². The van der Waals surface area contributed by atoms with Crippen LogP contribution in [-0.4, -0.2) is 0 Å². The van der Waals surface area contributed by atoms with Gasteiger partial charge in [0.05, 0.1) is 0 Å². The third-order valence-corrected chi connectivity index (χ3v) is 6.43. The Morgan fingerprint density at radius 3 is 2.03 bits per heavy atom. The monoisotopic (exact) mass is 434 g/mol. The summed E-state index contributed by atoms with van der Waals surface area (Å²) in [5.74, 6) is 4.25. The van der Waals surface area contributed by atoms with Crippen molar-refractivity contribution in [2.75, 3.05) is 0 Å². The van der Waals surface area contributed by atoms with E-state index in [4.69, 9.17) is 0 Å². The first-order chi connectivity index (χ1) is 15.0. The summed E-state index contributed by atoms with van der Waals surface area (Å²) in [6.45, 7) is 27.3. The molecule has 1 aliphatic rings. The summed E-state index contributed by atoms with van der Waals surface area (Å²) in [5, 5.41) is 0. The summed E-state index contributed by atoms with van der Waals surface area (Å²) in [4.78, 5) is 0. The van der Waals surface area contributed by atoms with E-state index in [1.807, 2.05) is 33.8 Å². The Labute approximate surface area is 200 Å². The predicted octanol–water partition coefficient (Wildman–Crippen LogP) is 11.4. The average Bonchev–Trinajstić information content (AvgIpc) is 2.81. The first-order valence-electron chi connectivity index (χ1n) is 13.9. The molecular formula is C31H62. The molecule has 0 heterocycles. The molecule has 0 aromatic rings.